The van der Waals surface area contributed by atoms with E-state index in [9.17, 15) is 0 Å². The first-order valence-corrected chi connectivity index (χ1v) is 9.32. The fourth-order valence-electron chi connectivity index (χ4n) is 3.47. The molecule has 0 amide bonds. The molecule has 3 nitrogen and oxygen atoms in total. The Balaban J connectivity index is 1.36. The normalized spacial score (nSPS) is 15.8. The fraction of sp³-hybridized carbons (Fsp3) is 0.261. The van der Waals surface area contributed by atoms with Gasteiger partial charge in [-0.1, -0.05) is 72.3 Å². The van der Waals surface area contributed by atoms with Crippen molar-refractivity contribution in [3.05, 3.63) is 83.4 Å². The molecule has 0 aromatic heterocycles. The quantitative estimate of drug-likeness (QED) is 0.658. The average Bonchev–Trinajstić information content (AvgIpc) is 2.69. The summed E-state index contributed by atoms with van der Waals surface area (Å²) < 4.78 is 0. The van der Waals surface area contributed by atoms with Crippen LogP contribution in [0.15, 0.2) is 71.8 Å². The van der Waals surface area contributed by atoms with E-state index in [0.717, 1.165) is 32.7 Å². The summed E-state index contributed by atoms with van der Waals surface area (Å²) in [6, 6.07) is 23.7. The van der Waals surface area contributed by atoms with Gasteiger partial charge in [0.1, 0.15) is 0 Å². The minimum absolute atomic E-state index is 0.979. The number of benzene rings is 3. The van der Waals surface area contributed by atoms with Crippen molar-refractivity contribution in [3.63, 3.8) is 0 Å². The number of piperazine rings is 1. The zero-order valence-corrected chi connectivity index (χ0v) is 15.3. The number of rotatable bonds is 4. The predicted octanol–water partition coefficient (Wildman–Crippen LogP) is 4.30. The van der Waals surface area contributed by atoms with Crippen molar-refractivity contribution in [2.24, 2.45) is 5.10 Å². The van der Waals surface area contributed by atoms with Crippen LogP contribution in [-0.2, 0) is 6.54 Å². The standard InChI is InChI=1S/C23H25N3/c1-19-9-11-20(12-10-19)18-25-13-15-26(16-14-25)24-17-22-7-4-6-21-5-2-3-8-23(21)22/h2-12,17H,13-16,18H2,1H3/b24-17+. The van der Waals surface area contributed by atoms with Crippen LogP contribution < -0.4 is 0 Å². The van der Waals surface area contributed by atoms with Gasteiger partial charge in [-0.15, -0.1) is 0 Å². The Hall–Kier alpha value is -2.65. The third-order valence-electron chi connectivity index (χ3n) is 5.06. The van der Waals surface area contributed by atoms with E-state index in [1.54, 1.807) is 0 Å². The highest BCUT2D eigenvalue weighted by Crippen LogP contribution is 2.17. The third-order valence-corrected chi connectivity index (χ3v) is 5.06. The minimum atomic E-state index is 0.979. The highest BCUT2D eigenvalue weighted by molar-refractivity contribution is 5.99. The van der Waals surface area contributed by atoms with E-state index < -0.39 is 0 Å². The molecule has 3 aromatic carbocycles. The first kappa shape index (κ1) is 16.8. The van der Waals surface area contributed by atoms with E-state index in [-0.39, 0.29) is 0 Å². The molecule has 1 aliphatic heterocycles. The first-order valence-electron chi connectivity index (χ1n) is 9.32. The first-order chi connectivity index (χ1) is 12.8. The summed E-state index contributed by atoms with van der Waals surface area (Å²) in [5, 5.41) is 9.45. The Kier molecular flexibility index (Phi) is 4.98. The molecule has 0 saturated carbocycles. The second-order valence-electron chi connectivity index (χ2n) is 7.03. The molecule has 1 heterocycles. The van der Waals surface area contributed by atoms with Gasteiger partial charge < -0.3 is 0 Å². The van der Waals surface area contributed by atoms with E-state index in [1.807, 2.05) is 6.21 Å². The predicted molar refractivity (Wildman–Crippen MR) is 110 cm³/mol. The molecule has 0 N–H and O–H groups in total. The molecular formula is C23H25N3. The lowest BCUT2D eigenvalue weighted by Crippen LogP contribution is -2.43. The van der Waals surface area contributed by atoms with Gasteiger partial charge in [0.25, 0.3) is 0 Å². The van der Waals surface area contributed by atoms with Crippen molar-refractivity contribution in [3.8, 4) is 0 Å². The number of hydrogen-bond acceptors (Lipinski definition) is 3. The molecule has 0 atom stereocenters. The number of nitrogens with zero attached hydrogens (tertiary/aromatic N) is 3. The fourth-order valence-corrected chi connectivity index (χ4v) is 3.47. The van der Waals surface area contributed by atoms with Crippen molar-refractivity contribution in [1.82, 2.24) is 9.91 Å². The Morgan fingerprint density at radius 3 is 2.38 bits per heavy atom. The van der Waals surface area contributed by atoms with Gasteiger partial charge in [0.05, 0.1) is 6.21 Å². The monoisotopic (exact) mass is 343 g/mol. The Labute approximate surface area is 155 Å². The SMILES string of the molecule is Cc1ccc(CN2CCN(/N=C/c3cccc4ccccc34)CC2)cc1. The molecule has 0 unspecified atom stereocenters. The van der Waals surface area contributed by atoms with Gasteiger partial charge in [-0.05, 0) is 23.3 Å². The van der Waals surface area contributed by atoms with E-state index in [1.165, 1.54) is 27.5 Å². The highest BCUT2D eigenvalue weighted by Gasteiger charge is 2.15. The zero-order chi connectivity index (χ0) is 17.8. The summed E-state index contributed by atoms with van der Waals surface area (Å²) >= 11 is 0. The van der Waals surface area contributed by atoms with Crippen LogP contribution in [0.5, 0.6) is 0 Å². The lowest BCUT2D eigenvalue weighted by atomic mass is 10.1. The highest BCUT2D eigenvalue weighted by atomic mass is 15.5. The molecule has 4 rings (SSSR count). The summed E-state index contributed by atoms with van der Waals surface area (Å²) in [6.45, 7) is 7.24. The Morgan fingerprint density at radius 2 is 1.58 bits per heavy atom. The third kappa shape index (κ3) is 3.94. The topological polar surface area (TPSA) is 18.8 Å². The van der Waals surface area contributed by atoms with Crippen LogP contribution in [-0.4, -0.2) is 42.3 Å². The van der Waals surface area contributed by atoms with Crippen molar-refractivity contribution in [2.75, 3.05) is 26.2 Å². The van der Waals surface area contributed by atoms with Crippen LogP contribution >= 0.6 is 0 Å². The molecule has 132 valence electrons. The molecule has 26 heavy (non-hydrogen) atoms. The number of aryl methyl sites for hydroxylation is 1. The number of hydrazone groups is 1. The molecule has 1 aliphatic rings. The summed E-state index contributed by atoms with van der Waals surface area (Å²) in [4.78, 5) is 2.51. The smallest absolute Gasteiger partial charge is 0.0549 e. The Bertz CT molecular complexity index is 885. The van der Waals surface area contributed by atoms with Gasteiger partial charge in [-0.25, -0.2) is 0 Å². The van der Waals surface area contributed by atoms with Crippen molar-refractivity contribution in [1.29, 1.82) is 0 Å². The van der Waals surface area contributed by atoms with Crippen molar-refractivity contribution >= 4 is 17.0 Å². The molecular weight excluding hydrogens is 318 g/mol. The van der Waals surface area contributed by atoms with Crippen molar-refractivity contribution < 1.29 is 0 Å². The number of fused-ring (bicyclic) bond motifs is 1. The lowest BCUT2D eigenvalue weighted by molar-refractivity contribution is 0.131. The van der Waals surface area contributed by atoms with Crippen LogP contribution in [0.4, 0.5) is 0 Å². The van der Waals surface area contributed by atoms with Crippen LogP contribution in [0.3, 0.4) is 0 Å². The van der Waals surface area contributed by atoms with Gasteiger partial charge in [-0.3, -0.25) is 9.91 Å². The minimum Gasteiger partial charge on any atom is -0.295 e. The molecule has 0 bridgehead atoms. The maximum atomic E-state index is 4.74. The zero-order valence-electron chi connectivity index (χ0n) is 15.3. The largest absolute Gasteiger partial charge is 0.295 e. The van der Waals surface area contributed by atoms with Crippen LogP contribution in [0.2, 0.25) is 0 Å². The van der Waals surface area contributed by atoms with Crippen molar-refractivity contribution in [2.45, 2.75) is 13.5 Å². The van der Waals surface area contributed by atoms with E-state index in [4.69, 9.17) is 5.10 Å². The van der Waals surface area contributed by atoms with Gasteiger partial charge in [0.15, 0.2) is 0 Å². The summed E-state index contributed by atoms with van der Waals surface area (Å²) in [5.41, 5.74) is 3.90. The van der Waals surface area contributed by atoms with Gasteiger partial charge in [0.2, 0.25) is 0 Å². The Morgan fingerprint density at radius 1 is 0.846 bits per heavy atom. The van der Waals surface area contributed by atoms with Crippen LogP contribution in [0, 0.1) is 6.92 Å². The van der Waals surface area contributed by atoms with Gasteiger partial charge in [0, 0.05) is 38.3 Å². The lowest BCUT2D eigenvalue weighted by Gasteiger charge is -2.33. The summed E-state index contributed by atoms with van der Waals surface area (Å²) in [6.07, 6.45) is 2.01. The van der Waals surface area contributed by atoms with E-state index in [0.29, 0.717) is 0 Å². The molecule has 3 aromatic rings. The average molecular weight is 343 g/mol. The molecule has 1 fully saturated rings. The molecule has 3 heteroatoms. The molecule has 0 aliphatic carbocycles. The summed E-state index contributed by atoms with van der Waals surface area (Å²) in [7, 11) is 0. The van der Waals surface area contributed by atoms with Gasteiger partial charge in [-0.2, -0.15) is 5.10 Å². The van der Waals surface area contributed by atoms with Gasteiger partial charge >= 0.3 is 0 Å². The summed E-state index contributed by atoms with van der Waals surface area (Å²) in [5.74, 6) is 0. The molecule has 1 saturated heterocycles. The van der Waals surface area contributed by atoms with Crippen LogP contribution in [0.1, 0.15) is 16.7 Å². The second-order valence-corrected chi connectivity index (χ2v) is 7.03. The maximum absolute atomic E-state index is 4.74. The van der Waals surface area contributed by atoms with E-state index in [2.05, 4.69) is 83.6 Å². The molecule has 0 radical (unpaired) electrons. The molecule has 0 spiro atoms. The number of hydrogen-bond donors (Lipinski definition) is 0. The second kappa shape index (κ2) is 7.71. The van der Waals surface area contributed by atoms with Crippen LogP contribution in [0.25, 0.3) is 10.8 Å². The van der Waals surface area contributed by atoms with E-state index >= 15 is 0 Å². The maximum Gasteiger partial charge on any atom is 0.0549 e.